The third-order valence-corrected chi connectivity index (χ3v) is 4.69. The van der Waals surface area contributed by atoms with Gasteiger partial charge in [0.25, 0.3) is 0 Å². The van der Waals surface area contributed by atoms with Gasteiger partial charge in [0.2, 0.25) is 5.91 Å². The Labute approximate surface area is 137 Å². The van der Waals surface area contributed by atoms with Crippen LogP contribution in [0.3, 0.4) is 0 Å². The van der Waals surface area contributed by atoms with Gasteiger partial charge in [-0.2, -0.15) is 0 Å². The molecule has 0 aromatic carbocycles. The number of methoxy groups -OCH3 is 1. The van der Waals surface area contributed by atoms with Crippen LogP contribution in [0.2, 0.25) is 0 Å². The van der Waals surface area contributed by atoms with Crippen LogP contribution in [0.15, 0.2) is 28.4 Å². The summed E-state index contributed by atoms with van der Waals surface area (Å²) < 4.78 is 10.3. The molecule has 0 spiro atoms. The molecule has 0 radical (unpaired) electrons. The van der Waals surface area contributed by atoms with Gasteiger partial charge in [0, 0.05) is 32.8 Å². The third kappa shape index (κ3) is 4.45. The smallest absolute Gasteiger partial charge is 0.246 e. The number of hydrogen-bond donors (Lipinski definition) is 1. The number of carbonyl (C=O) groups is 1. The number of nitrogens with one attached hydrogen (secondary N) is 1. The summed E-state index contributed by atoms with van der Waals surface area (Å²) >= 11 is 0. The number of ether oxygens (including phenoxy) is 1. The Kier molecular flexibility index (Phi) is 5.18. The Balaban J connectivity index is 1.57. The lowest BCUT2D eigenvalue weighted by molar-refractivity contribution is -0.125. The molecular formula is C18H26N2O3. The van der Waals surface area contributed by atoms with Crippen LogP contribution in [-0.4, -0.2) is 50.2 Å². The van der Waals surface area contributed by atoms with Crippen LogP contribution in [0.5, 0.6) is 0 Å². The minimum absolute atomic E-state index is 0.00662. The normalized spacial score (nSPS) is 25.7. The fourth-order valence-corrected chi connectivity index (χ4v) is 3.59. The van der Waals surface area contributed by atoms with E-state index in [9.17, 15) is 4.79 Å². The molecule has 1 aromatic rings. The summed E-state index contributed by atoms with van der Waals surface area (Å²) in [6.45, 7) is 5.17. The highest BCUT2D eigenvalue weighted by Gasteiger charge is 2.42. The number of nitrogens with zero attached hydrogens (tertiary/aromatic N) is 1. The molecule has 2 atom stereocenters. The van der Waals surface area contributed by atoms with E-state index in [1.165, 1.54) is 18.4 Å². The summed E-state index contributed by atoms with van der Waals surface area (Å²) in [7, 11) is 1.56. The average Bonchev–Trinajstić information content (AvgIpc) is 3.08. The molecule has 1 aromatic heterocycles. The molecule has 2 heterocycles. The number of hydrogen-bond acceptors (Lipinski definition) is 4. The second-order valence-corrected chi connectivity index (χ2v) is 6.81. The zero-order chi connectivity index (χ0) is 16.2. The van der Waals surface area contributed by atoms with Gasteiger partial charge in [-0.25, -0.2) is 0 Å². The van der Waals surface area contributed by atoms with E-state index in [1.54, 1.807) is 13.4 Å². The minimum Gasteiger partial charge on any atom is -0.465 e. The molecule has 2 fully saturated rings. The quantitative estimate of drug-likeness (QED) is 0.837. The van der Waals surface area contributed by atoms with E-state index in [2.05, 4.69) is 23.2 Å². The van der Waals surface area contributed by atoms with Crippen LogP contribution >= 0.6 is 0 Å². The Hall–Kier alpha value is -1.59. The first-order valence-corrected chi connectivity index (χ1v) is 8.37. The number of rotatable bonds is 7. The number of likely N-dealkylation sites (tertiary alicyclic amines) is 1. The maximum absolute atomic E-state index is 11.8. The lowest BCUT2D eigenvalue weighted by Gasteiger charge is -2.19. The van der Waals surface area contributed by atoms with Gasteiger partial charge in [-0.15, -0.1) is 0 Å². The molecule has 1 N–H and O–H groups in total. The van der Waals surface area contributed by atoms with Crippen LogP contribution < -0.4 is 5.32 Å². The molecule has 1 aliphatic carbocycles. The minimum atomic E-state index is -0.00662. The van der Waals surface area contributed by atoms with Crippen molar-refractivity contribution in [3.63, 3.8) is 0 Å². The largest absolute Gasteiger partial charge is 0.465 e. The summed E-state index contributed by atoms with van der Waals surface area (Å²) in [6.07, 6.45) is 6.38. The van der Waals surface area contributed by atoms with Gasteiger partial charge in [-0.3, -0.25) is 9.69 Å². The first-order chi connectivity index (χ1) is 11.2. The van der Waals surface area contributed by atoms with Gasteiger partial charge >= 0.3 is 0 Å². The van der Waals surface area contributed by atoms with Crippen LogP contribution in [-0.2, 0) is 9.53 Å². The fraction of sp³-hybridized carbons (Fsp3) is 0.611. The maximum atomic E-state index is 11.8. The number of amides is 1. The van der Waals surface area contributed by atoms with Gasteiger partial charge in [0.05, 0.1) is 6.26 Å². The predicted octanol–water partition coefficient (Wildman–Crippen LogP) is 2.16. The summed E-state index contributed by atoms with van der Waals surface area (Å²) in [5.41, 5.74) is 1.28. The molecule has 5 heteroatoms. The second kappa shape index (κ2) is 7.32. The van der Waals surface area contributed by atoms with E-state index in [0.29, 0.717) is 5.92 Å². The van der Waals surface area contributed by atoms with Crippen molar-refractivity contribution in [1.29, 1.82) is 0 Å². The second-order valence-electron chi connectivity index (χ2n) is 6.81. The summed E-state index contributed by atoms with van der Waals surface area (Å²) in [4.78, 5) is 14.3. The van der Waals surface area contributed by atoms with Crippen molar-refractivity contribution in [3.05, 3.63) is 29.7 Å². The first-order valence-electron chi connectivity index (χ1n) is 8.37. The topological polar surface area (TPSA) is 54.7 Å². The lowest BCUT2D eigenvalue weighted by Crippen LogP contribution is -2.42. The molecule has 0 bridgehead atoms. The Bertz CT molecular complexity index is 549. The van der Waals surface area contributed by atoms with Crippen molar-refractivity contribution >= 4 is 12.0 Å². The van der Waals surface area contributed by atoms with Gasteiger partial charge in [-0.1, -0.05) is 5.57 Å². The van der Waals surface area contributed by atoms with E-state index in [-0.39, 0.29) is 18.6 Å². The van der Waals surface area contributed by atoms with Gasteiger partial charge in [-0.05, 0) is 49.8 Å². The summed E-state index contributed by atoms with van der Waals surface area (Å²) in [5, 5.41) is 3.16. The van der Waals surface area contributed by atoms with Crippen molar-refractivity contribution < 1.29 is 13.9 Å². The highest BCUT2D eigenvalue weighted by molar-refractivity contribution is 5.77. The van der Waals surface area contributed by atoms with Gasteiger partial charge in [0.15, 0.2) is 0 Å². The standard InChI is InChI=1S/C18H26N2O3/c1-13(8-15-4-3-7-23-15)9-20-10-16(14-5-6-14)17(11-20)19-18(21)12-22-2/h3-4,7-8,14,16-17H,5-6,9-12H2,1-2H3,(H,19,21)/b13-8+/t16-,17+/m1/s1. The first kappa shape index (κ1) is 16.3. The van der Waals surface area contributed by atoms with Crippen molar-refractivity contribution in [2.45, 2.75) is 25.8 Å². The van der Waals surface area contributed by atoms with Crippen LogP contribution in [0, 0.1) is 11.8 Å². The highest BCUT2D eigenvalue weighted by atomic mass is 16.5. The lowest BCUT2D eigenvalue weighted by atomic mass is 9.98. The molecule has 5 nitrogen and oxygen atoms in total. The maximum Gasteiger partial charge on any atom is 0.246 e. The summed E-state index contributed by atoms with van der Waals surface area (Å²) in [5.74, 6) is 2.24. The molecule has 3 rings (SSSR count). The third-order valence-electron chi connectivity index (χ3n) is 4.69. The van der Waals surface area contributed by atoms with E-state index in [4.69, 9.17) is 9.15 Å². The Morgan fingerprint density at radius 3 is 2.96 bits per heavy atom. The SMILES string of the molecule is COCC(=O)N[C@H]1CN(C/C(C)=C/c2ccco2)C[C@@H]1C1CC1. The average molecular weight is 318 g/mol. The van der Waals surface area contributed by atoms with Crippen LogP contribution in [0.25, 0.3) is 6.08 Å². The van der Waals surface area contributed by atoms with Crippen molar-refractivity contribution in [1.82, 2.24) is 10.2 Å². The monoisotopic (exact) mass is 318 g/mol. The van der Waals surface area contributed by atoms with Crippen LogP contribution in [0.1, 0.15) is 25.5 Å². The van der Waals surface area contributed by atoms with Crippen LogP contribution in [0.4, 0.5) is 0 Å². The zero-order valence-electron chi connectivity index (χ0n) is 14.0. The fourth-order valence-electron chi connectivity index (χ4n) is 3.59. The molecule has 126 valence electrons. The van der Waals surface area contributed by atoms with Crippen molar-refractivity contribution in [2.24, 2.45) is 11.8 Å². The van der Waals surface area contributed by atoms with Crippen molar-refractivity contribution in [3.8, 4) is 0 Å². The van der Waals surface area contributed by atoms with E-state index >= 15 is 0 Å². The molecule has 2 aliphatic rings. The molecule has 1 aliphatic heterocycles. The van der Waals surface area contributed by atoms with E-state index in [1.807, 2.05) is 12.1 Å². The van der Waals surface area contributed by atoms with Crippen molar-refractivity contribution in [2.75, 3.05) is 33.4 Å². The predicted molar refractivity (Wildman–Crippen MR) is 88.8 cm³/mol. The Morgan fingerprint density at radius 1 is 1.48 bits per heavy atom. The van der Waals surface area contributed by atoms with Gasteiger partial charge in [0.1, 0.15) is 12.4 Å². The molecule has 1 saturated carbocycles. The molecular weight excluding hydrogens is 292 g/mol. The van der Waals surface area contributed by atoms with E-state index in [0.717, 1.165) is 31.3 Å². The molecule has 23 heavy (non-hydrogen) atoms. The molecule has 1 amide bonds. The molecule has 1 saturated heterocycles. The summed E-state index contributed by atoms with van der Waals surface area (Å²) in [6, 6.07) is 4.12. The molecule has 0 unspecified atom stereocenters. The highest BCUT2D eigenvalue weighted by Crippen LogP contribution is 2.41. The number of carbonyl (C=O) groups excluding carboxylic acids is 1. The number of furan rings is 1. The Morgan fingerprint density at radius 2 is 2.30 bits per heavy atom. The van der Waals surface area contributed by atoms with E-state index < -0.39 is 0 Å². The van der Waals surface area contributed by atoms with Gasteiger partial charge < -0.3 is 14.5 Å². The zero-order valence-corrected chi connectivity index (χ0v) is 14.0.